The number of carbonyl (C=O) groups excluding carboxylic acids is 3. The number of rotatable bonds is 7. The lowest BCUT2D eigenvalue weighted by atomic mass is 9.82. The Hall–Kier alpha value is -2.89. The van der Waals surface area contributed by atoms with Crippen molar-refractivity contribution in [3.8, 4) is 0 Å². The van der Waals surface area contributed by atoms with Crippen LogP contribution in [0.4, 0.5) is 0 Å². The fourth-order valence-corrected chi connectivity index (χ4v) is 3.57. The molecule has 0 fully saturated rings. The molecule has 156 valence electrons. The molecule has 6 heteroatoms. The number of amides is 2. The summed E-state index contributed by atoms with van der Waals surface area (Å²) in [5.74, 6) is -1.40. The molecule has 0 saturated carbocycles. The molecule has 0 spiro atoms. The van der Waals surface area contributed by atoms with Crippen LogP contribution in [0.1, 0.15) is 51.4 Å². The highest BCUT2D eigenvalue weighted by atomic mass is 16.5. The smallest absolute Gasteiger partial charge is 0.325 e. The Morgan fingerprint density at radius 3 is 2.24 bits per heavy atom. The Bertz CT molecular complexity index is 897. The molecule has 6 nitrogen and oxygen atoms in total. The number of fused-ring (bicyclic) bond motifs is 1. The summed E-state index contributed by atoms with van der Waals surface area (Å²) in [6.45, 7) is 9.48. The van der Waals surface area contributed by atoms with Gasteiger partial charge in [-0.05, 0) is 48.6 Å². The molecule has 2 aromatic carbocycles. The van der Waals surface area contributed by atoms with Crippen LogP contribution in [-0.2, 0) is 14.3 Å². The first kappa shape index (κ1) is 22.4. The zero-order chi connectivity index (χ0) is 21.7. The summed E-state index contributed by atoms with van der Waals surface area (Å²) in [4.78, 5) is 36.2. The number of nitrogens with one attached hydrogen (secondary N) is 2. The molecule has 0 radical (unpaired) electrons. The first-order valence-electron chi connectivity index (χ1n) is 9.69. The highest BCUT2D eigenvalue weighted by Gasteiger charge is 2.27. The molecule has 0 aliphatic rings. The molecule has 29 heavy (non-hydrogen) atoms. The minimum atomic E-state index is -0.664. The summed E-state index contributed by atoms with van der Waals surface area (Å²) < 4.78 is 4.97. The Kier molecular flexibility index (Phi) is 7.01. The molecule has 0 aromatic heterocycles. The van der Waals surface area contributed by atoms with E-state index in [-0.39, 0.29) is 30.4 Å². The van der Waals surface area contributed by atoms with Gasteiger partial charge in [0.2, 0.25) is 0 Å². The number of hydrogen-bond donors (Lipinski definition) is 2. The van der Waals surface area contributed by atoms with Gasteiger partial charge in [0.15, 0.2) is 6.61 Å². The lowest BCUT2D eigenvalue weighted by Gasteiger charge is -2.33. The van der Waals surface area contributed by atoms with Gasteiger partial charge >= 0.3 is 5.97 Å². The average Bonchev–Trinajstić information content (AvgIpc) is 2.61. The fourth-order valence-electron chi connectivity index (χ4n) is 3.57. The number of hydrogen-bond acceptors (Lipinski definition) is 4. The second kappa shape index (κ2) is 9.07. The van der Waals surface area contributed by atoms with Crippen molar-refractivity contribution in [1.82, 2.24) is 10.6 Å². The van der Waals surface area contributed by atoms with Gasteiger partial charge in [-0.15, -0.1) is 0 Å². The quantitative estimate of drug-likeness (QED) is 0.700. The van der Waals surface area contributed by atoms with Crippen molar-refractivity contribution in [2.75, 3.05) is 13.2 Å². The first-order chi connectivity index (χ1) is 13.5. The lowest BCUT2D eigenvalue weighted by Crippen LogP contribution is -2.47. The van der Waals surface area contributed by atoms with Gasteiger partial charge in [0.05, 0.1) is 0 Å². The van der Waals surface area contributed by atoms with Crippen LogP contribution in [0.15, 0.2) is 42.5 Å². The van der Waals surface area contributed by atoms with E-state index in [1.807, 2.05) is 44.2 Å². The molecule has 0 atom stereocenters. The Balaban J connectivity index is 1.78. The Morgan fingerprint density at radius 2 is 1.59 bits per heavy atom. The minimum Gasteiger partial charge on any atom is -0.454 e. The topological polar surface area (TPSA) is 84.5 Å². The first-order valence-corrected chi connectivity index (χ1v) is 9.69. The van der Waals surface area contributed by atoms with Crippen LogP contribution in [0.2, 0.25) is 0 Å². The van der Waals surface area contributed by atoms with E-state index < -0.39 is 11.5 Å². The van der Waals surface area contributed by atoms with Crippen molar-refractivity contribution in [1.29, 1.82) is 0 Å². The van der Waals surface area contributed by atoms with Crippen molar-refractivity contribution >= 4 is 28.6 Å². The van der Waals surface area contributed by atoms with Crippen LogP contribution in [0.5, 0.6) is 0 Å². The second-order valence-corrected chi connectivity index (χ2v) is 9.07. The largest absolute Gasteiger partial charge is 0.454 e. The maximum absolute atomic E-state index is 12.3. The number of carbonyl (C=O) groups is 3. The molecule has 0 saturated heterocycles. The molecular weight excluding hydrogens is 368 g/mol. The normalized spacial score (nSPS) is 11.8. The summed E-state index contributed by atoms with van der Waals surface area (Å²) in [6.07, 6.45) is 0.779. The average molecular weight is 399 g/mol. The molecule has 2 N–H and O–H groups in total. The third-order valence-corrected chi connectivity index (χ3v) is 4.22. The maximum Gasteiger partial charge on any atom is 0.325 e. The number of ether oxygens (including phenoxy) is 1. The van der Waals surface area contributed by atoms with Gasteiger partial charge in [-0.1, -0.05) is 51.1 Å². The van der Waals surface area contributed by atoms with Gasteiger partial charge < -0.3 is 15.4 Å². The van der Waals surface area contributed by atoms with Crippen LogP contribution in [0.25, 0.3) is 10.8 Å². The van der Waals surface area contributed by atoms with Gasteiger partial charge in [0.1, 0.15) is 6.54 Å². The van der Waals surface area contributed by atoms with Gasteiger partial charge in [0.25, 0.3) is 11.8 Å². The van der Waals surface area contributed by atoms with Crippen LogP contribution in [0.3, 0.4) is 0 Å². The highest BCUT2D eigenvalue weighted by Crippen LogP contribution is 2.26. The molecule has 0 aliphatic carbocycles. The van der Waals surface area contributed by atoms with E-state index in [1.54, 1.807) is 12.1 Å². The molecule has 2 amide bonds. The molecular formula is C23H30N2O4. The fraction of sp³-hybridized carbons (Fsp3) is 0.435. The van der Waals surface area contributed by atoms with Crippen molar-refractivity contribution in [2.45, 2.75) is 46.6 Å². The van der Waals surface area contributed by atoms with E-state index >= 15 is 0 Å². The van der Waals surface area contributed by atoms with Crippen molar-refractivity contribution in [3.05, 3.63) is 48.0 Å². The predicted octanol–water partition coefficient (Wildman–Crippen LogP) is 3.44. The zero-order valence-electron chi connectivity index (χ0n) is 17.8. The van der Waals surface area contributed by atoms with E-state index in [9.17, 15) is 14.4 Å². The lowest BCUT2D eigenvalue weighted by molar-refractivity contribution is -0.148. The summed E-state index contributed by atoms with van der Waals surface area (Å²) in [5.41, 5.74) is 0.102. The van der Waals surface area contributed by atoms with Gasteiger partial charge in [-0.3, -0.25) is 14.4 Å². The summed E-state index contributed by atoms with van der Waals surface area (Å²) in [7, 11) is 0. The second-order valence-electron chi connectivity index (χ2n) is 9.07. The Labute approximate surface area is 172 Å². The third-order valence-electron chi connectivity index (χ3n) is 4.22. The highest BCUT2D eigenvalue weighted by molar-refractivity contribution is 5.99. The van der Waals surface area contributed by atoms with Gasteiger partial charge in [0, 0.05) is 11.1 Å². The third kappa shape index (κ3) is 7.56. The number of esters is 1. The molecule has 2 aromatic rings. The molecule has 0 bridgehead atoms. The summed E-state index contributed by atoms with van der Waals surface area (Å²) >= 11 is 0. The van der Waals surface area contributed by atoms with E-state index in [0.29, 0.717) is 5.56 Å². The van der Waals surface area contributed by atoms with Crippen LogP contribution >= 0.6 is 0 Å². The van der Waals surface area contributed by atoms with E-state index in [4.69, 9.17) is 4.74 Å². The standard InChI is InChI=1S/C23H30N2O4/c1-22(2,3)15-23(4,5)25-19(26)14-29-20(27)13-24-21(28)18-11-10-16-8-6-7-9-17(16)12-18/h6-12H,13-15H2,1-5H3,(H,24,28)(H,25,26). The molecule has 0 aliphatic heterocycles. The number of benzene rings is 2. The van der Waals surface area contributed by atoms with Crippen molar-refractivity contribution < 1.29 is 19.1 Å². The van der Waals surface area contributed by atoms with Crippen LogP contribution in [0, 0.1) is 5.41 Å². The van der Waals surface area contributed by atoms with Crippen LogP contribution < -0.4 is 10.6 Å². The summed E-state index contributed by atoms with van der Waals surface area (Å²) in [6, 6.07) is 13.0. The Morgan fingerprint density at radius 1 is 0.931 bits per heavy atom. The monoisotopic (exact) mass is 398 g/mol. The van der Waals surface area contributed by atoms with E-state index in [0.717, 1.165) is 17.2 Å². The summed E-state index contributed by atoms with van der Waals surface area (Å²) in [5, 5.41) is 7.37. The van der Waals surface area contributed by atoms with E-state index in [2.05, 4.69) is 31.4 Å². The van der Waals surface area contributed by atoms with E-state index in [1.165, 1.54) is 0 Å². The predicted molar refractivity (Wildman–Crippen MR) is 114 cm³/mol. The minimum absolute atomic E-state index is 0.0561. The maximum atomic E-state index is 12.3. The van der Waals surface area contributed by atoms with Crippen LogP contribution in [-0.4, -0.2) is 36.5 Å². The molecule has 0 heterocycles. The zero-order valence-corrected chi connectivity index (χ0v) is 17.8. The van der Waals surface area contributed by atoms with Crippen molar-refractivity contribution in [3.63, 3.8) is 0 Å². The SMILES string of the molecule is CC(C)(C)CC(C)(C)NC(=O)COC(=O)CNC(=O)c1ccc2ccccc2c1. The van der Waals surface area contributed by atoms with Gasteiger partial charge in [-0.25, -0.2) is 0 Å². The van der Waals surface area contributed by atoms with Crippen molar-refractivity contribution in [2.24, 2.45) is 5.41 Å². The molecule has 0 unspecified atom stereocenters. The molecule has 2 rings (SSSR count). The van der Waals surface area contributed by atoms with Gasteiger partial charge in [-0.2, -0.15) is 0 Å².